The van der Waals surface area contributed by atoms with Crippen molar-refractivity contribution in [3.63, 3.8) is 0 Å². The van der Waals surface area contributed by atoms with E-state index in [1.807, 2.05) is 6.92 Å². The molecule has 0 spiro atoms. The van der Waals surface area contributed by atoms with E-state index in [4.69, 9.17) is 0 Å². The first-order valence-electron chi connectivity index (χ1n) is 9.12. The first kappa shape index (κ1) is 19.0. The molecule has 0 unspecified atom stereocenters. The maximum absolute atomic E-state index is 13.2. The highest BCUT2D eigenvalue weighted by atomic mass is 32.2. The van der Waals surface area contributed by atoms with Crippen LogP contribution in [0.5, 0.6) is 0 Å². The van der Waals surface area contributed by atoms with Crippen molar-refractivity contribution in [3.05, 3.63) is 59.7 Å². The molecule has 0 saturated heterocycles. The Balaban J connectivity index is 1.70. The average Bonchev–Trinajstić information content (AvgIpc) is 3.32. The van der Waals surface area contributed by atoms with Crippen molar-refractivity contribution >= 4 is 38.3 Å². The largest absolute Gasteiger partial charge is 0.369 e. The van der Waals surface area contributed by atoms with Gasteiger partial charge in [0.2, 0.25) is 9.84 Å². The van der Waals surface area contributed by atoms with Crippen LogP contribution in [0.4, 0.5) is 15.3 Å². The fourth-order valence-corrected chi connectivity index (χ4v) is 4.78. The summed E-state index contributed by atoms with van der Waals surface area (Å²) < 4.78 is 26.4. The van der Waals surface area contributed by atoms with Gasteiger partial charge in [-0.05, 0) is 37.1 Å². The first-order chi connectivity index (χ1) is 13.9. The Bertz CT molecular complexity index is 1170. The lowest BCUT2D eigenvalue weighted by Crippen LogP contribution is -2.38. The molecule has 4 rings (SSSR count). The number of rotatable bonds is 3. The summed E-state index contributed by atoms with van der Waals surface area (Å²) in [4.78, 5) is 33.0. The molecule has 148 valence electrons. The Hall–Kier alpha value is -3.33. The summed E-state index contributed by atoms with van der Waals surface area (Å²) in [5.74, 6) is 0. The lowest BCUT2D eigenvalue weighted by molar-refractivity contribution is 0.247. The third-order valence-electron chi connectivity index (χ3n) is 4.74. The highest BCUT2D eigenvalue weighted by Gasteiger charge is 2.34. The van der Waals surface area contributed by atoms with Gasteiger partial charge in [0.15, 0.2) is 5.04 Å². The summed E-state index contributed by atoms with van der Waals surface area (Å²) in [5, 5.41) is 2.39. The third kappa shape index (κ3) is 3.33. The molecule has 0 radical (unpaired) electrons. The SMILES string of the molecule is CCNC(=O)N1CCc2cc(S(=O)(=O)C3=NC(=O)N=C3c3ccccc3)ccc21. The number of urea groups is 2. The summed E-state index contributed by atoms with van der Waals surface area (Å²) >= 11 is 0. The molecule has 8 nitrogen and oxygen atoms in total. The lowest BCUT2D eigenvalue weighted by Gasteiger charge is -2.17. The van der Waals surface area contributed by atoms with Crippen LogP contribution in [0, 0.1) is 0 Å². The number of hydrogen-bond acceptors (Lipinski definition) is 4. The Labute approximate surface area is 167 Å². The van der Waals surface area contributed by atoms with Crippen LogP contribution in [0.2, 0.25) is 0 Å². The van der Waals surface area contributed by atoms with Crippen LogP contribution >= 0.6 is 0 Å². The van der Waals surface area contributed by atoms with Gasteiger partial charge in [-0.25, -0.2) is 18.0 Å². The molecular formula is C20H18N4O4S. The number of nitrogens with zero attached hydrogens (tertiary/aromatic N) is 3. The highest BCUT2D eigenvalue weighted by Crippen LogP contribution is 2.31. The van der Waals surface area contributed by atoms with Gasteiger partial charge in [-0.3, -0.25) is 4.90 Å². The summed E-state index contributed by atoms with van der Waals surface area (Å²) in [6.07, 6.45) is 0.543. The van der Waals surface area contributed by atoms with E-state index in [9.17, 15) is 18.0 Å². The smallest absolute Gasteiger partial charge is 0.338 e. The first-order valence-corrected chi connectivity index (χ1v) is 10.6. The van der Waals surface area contributed by atoms with Crippen LogP contribution in [0.3, 0.4) is 0 Å². The van der Waals surface area contributed by atoms with Crippen molar-refractivity contribution in [2.24, 2.45) is 9.98 Å². The molecule has 29 heavy (non-hydrogen) atoms. The number of nitrogens with one attached hydrogen (secondary N) is 1. The fourth-order valence-electron chi connectivity index (χ4n) is 3.39. The molecule has 0 aromatic heterocycles. The second-order valence-electron chi connectivity index (χ2n) is 6.56. The van der Waals surface area contributed by atoms with Crippen LogP contribution in [0.25, 0.3) is 0 Å². The van der Waals surface area contributed by atoms with Crippen molar-refractivity contribution in [1.29, 1.82) is 0 Å². The topological polar surface area (TPSA) is 108 Å². The van der Waals surface area contributed by atoms with Gasteiger partial charge < -0.3 is 5.32 Å². The molecule has 2 aromatic carbocycles. The Morgan fingerprint density at radius 1 is 1.14 bits per heavy atom. The predicted molar refractivity (Wildman–Crippen MR) is 110 cm³/mol. The van der Waals surface area contributed by atoms with Gasteiger partial charge in [-0.15, -0.1) is 0 Å². The zero-order valence-electron chi connectivity index (χ0n) is 15.6. The molecule has 2 heterocycles. The van der Waals surface area contributed by atoms with E-state index in [0.29, 0.717) is 30.8 Å². The fraction of sp³-hybridized carbons (Fsp3) is 0.200. The van der Waals surface area contributed by atoms with Crippen LogP contribution < -0.4 is 10.2 Å². The Morgan fingerprint density at radius 2 is 1.90 bits per heavy atom. The minimum absolute atomic E-state index is 0.0195. The van der Waals surface area contributed by atoms with Gasteiger partial charge in [0.1, 0.15) is 5.71 Å². The molecule has 0 bridgehead atoms. The number of sulfone groups is 1. The number of fused-ring (bicyclic) bond motifs is 1. The number of benzene rings is 2. The molecule has 2 aromatic rings. The van der Waals surface area contributed by atoms with Crippen LogP contribution in [0.1, 0.15) is 18.1 Å². The standard InChI is InChI=1S/C20H18N4O4S/c1-2-21-20(26)24-11-10-14-12-15(8-9-16(14)24)29(27,28)18-17(22-19(25)23-18)13-6-4-3-5-7-13/h3-9,12H,2,10-11H2,1H3,(H,21,26). The normalized spacial score (nSPS) is 15.8. The maximum atomic E-state index is 13.2. The number of amides is 4. The summed E-state index contributed by atoms with van der Waals surface area (Å²) in [6, 6.07) is 12.1. The minimum Gasteiger partial charge on any atom is -0.338 e. The minimum atomic E-state index is -4.06. The van der Waals surface area contributed by atoms with E-state index >= 15 is 0 Å². The molecular weight excluding hydrogens is 392 g/mol. The van der Waals surface area contributed by atoms with Crippen molar-refractivity contribution in [2.75, 3.05) is 18.0 Å². The second-order valence-corrected chi connectivity index (χ2v) is 8.42. The van der Waals surface area contributed by atoms with E-state index in [-0.39, 0.29) is 21.7 Å². The molecule has 2 aliphatic rings. The quantitative estimate of drug-likeness (QED) is 0.839. The van der Waals surface area contributed by atoms with Crippen LogP contribution in [0.15, 0.2) is 63.4 Å². The van der Waals surface area contributed by atoms with Gasteiger partial charge in [0.05, 0.1) is 4.90 Å². The van der Waals surface area contributed by atoms with E-state index in [0.717, 1.165) is 5.56 Å². The van der Waals surface area contributed by atoms with Gasteiger partial charge in [0, 0.05) is 24.3 Å². The summed E-state index contributed by atoms with van der Waals surface area (Å²) in [6.45, 7) is 2.81. The monoisotopic (exact) mass is 410 g/mol. The number of carbonyl (C=O) groups is 2. The van der Waals surface area contributed by atoms with E-state index in [1.54, 1.807) is 41.3 Å². The lowest BCUT2D eigenvalue weighted by atomic mass is 10.1. The Morgan fingerprint density at radius 3 is 2.62 bits per heavy atom. The molecule has 0 saturated carbocycles. The van der Waals surface area contributed by atoms with Crippen molar-refractivity contribution in [1.82, 2.24) is 5.32 Å². The zero-order chi connectivity index (χ0) is 20.6. The predicted octanol–water partition coefficient (Wildman–Crippen LogP) is 2.57. The number of anilines is 1. The van der Waals surface area contributed by atoms with Gasteiger partial charge in [-0.1, -0.05) is 30.3 Å². The zero-order valence-corrected chi connectivity index (χ0v) is 16.4. The number of carbonyl (C=O) groups excluding carboxylic acids is 2. The van der Waals surface area contributed by atoms with E-state index < -0.39 is 15.9 Å². The van der Waals surface area contributed by atoms with Crippen molar-refractivity contribution in [2.45, 2.75) is 18.2 Å². The second kappa shape index (κ2) is 7.25. The average molecular weight is 410 g/mol. The van der Waals surface area contributed by atoms with Crippen molar-refractivity contribution in [3.8, 4) is 0 Å². The molecule has 0 fully saturated rings. The molecule has 0 atom stereocenters. The van der Waals surface area contributed by atoms with Crippen LogP contribution in [-0.2, 0) is 16.3 Å². The molecule has 9 heteroatoms. The molecule has 4 amide bonds. The maximum Gasteiger partial charge on any atom is 0.369 e. The number of aliphatic imine (C=N–C) groups is 2. The molecule has 2 aliphatic heterocycles. The van der Waals surface area contributed by atoms with Gasteiger partial charge in [0.25, 0.3) is 0 Å². The van der Waals surface area contributed by atoms with Crippen LogP contribution in [-0.4, -0.2) is 44.3 Å². The summed E-state index contributed by atoms with van der Waals surface area (Å²) in [7, 11) is -4.06. The third-order valence-corrected chi connectivity index (χ3v) is 6.41. The molecule has 0 aliphatic carbocycles. The van der Waals surface area contributed by atoms with Gasteiger partial charge >= 0.3 is 12.1 Å². The van der Waals surface area contributed by atoms with E-state index in [1.165, 1.54) is 12.1 Å². The van der Waals surface area contributed by atoms with E-state index in [2.05, 4.69) is 15.3 Å². The Kier molecular flexibility index (Phi) is 4.75. The van der Waals surface area contributed by atoms with Gasteiger partial charge in [-0.2, -0.15) is 9.98 Å². The highest BCUT2D eigenvalue weighted by molar-refractivity contribution is 8.08. The molecule has 1 N–H and O–H groups in total. The summed E-state index contributed by atoms with van der Waals surface area (Å²) in [5.41, 5.74) is 1.97. The van der Waals surface area contributed by atoms with Crippen molar-refractivity contribution < 1.29 is 18.0 Å². The number of hydrogen-bond donors (Lipinski definition) is 1.